The molecule has 0 aliphatic heterocycles. The van der Waals surface area contributed by atoms with Crippen LogP contribution in [0.2, 0.25) is 0 Å². The van der Waals surface area contributed by atoms with Crippen molar-refractivity contribution in [3.8, 4) is 11.1 Å². The highest BCUT2D eigenvalue weighted by molar-refractivity contribution is 7.92. The summed E-state index contributed by atoms with van der Waals surface area (Å²) >= 11 is 0. The monoisotopic (exact) mass is 475 g/mol. The molecule has 5 nitrogen and oxygen atoms in total. The van der Waals surface area contributed by atoms with E-state index in [-0.39, 0.29) is 17.0 Å². The normalized spacial score (nSPS) is 12.0. The third kappa shape index (κ3) is 4.90. The molecule has 0 bridgehead atoms. The average Bonchev–Trinajstić information content (AvgIpc) is 3.13. The van der Waals surface area contributed by atoms with Crippen LogP contribution in [0.3, 0.4) is 0 Å². The summed E-state index contributed by atoms with van der Waals surface area (Å²) in [5.41, 5.74) is -1.14. The van der Waals surface area contributed by atoms with Crippen LogP contribution in [-0.4, -0.2) is 18.2 Å². The molecule has 0 amide bonds. The van der Waals surface area contributed by atoms with Crippen molar-refractivity contribution >= 4 is 15.8 Å². The van der Waals surface area contributed by atoms with Gasteiger partial charge in [0.2, 0.25) is 0 Å². The van der Waals surface area contributed by atoms with E-state index in [4.69, 9.17) is 0 Å². The molecule has 0 radical (unpaired) electrons. The van der Waals surface area contributed by atoms with E-state index in [1.54, 1.807) is 36.4 Å². The van der Waals surface area contributed by atoms with Gasteiger partial charge in [-0.15, -0.1) is 0 Å². The number of alkyl halides is 3. The van der Waals surface area contributed by atoms with E-state index < -0.39 is 39.1 Å². The zero-order valence-electron chi connectivity index (χ0n) is 16.9. The molecule has 0 unspecified atom stereocenters. The number of rotatable bonds is 6. The summed E-state index contributed by atoms with van der Waals surface area (Å²) in [5.74, 6) is -1.15. The number of aromatic nitrogens is 2. The fourth-order valence-electron chi connectivity index (χ4n) is 3.37. The fraction of sp³-hybridized carbons (Fsp3) is 0.0870. The lowest BCUT2D eigenvalue weighted by molar-refractivity contribution is -0.143. The van der Waals surface area contributed by atoms with Crippen LogP contribution in [0.4, 0.5) is 23.4 Å². The van der Waals surface area contributed by atoms with Crippen LogP contribution < -0.4 is 4.72 Å². The Balaban J connectivity index is 1.91. The summed E-state index contributed by atoms with van der Waals surface area (Å²) in [4.78, 5) is -0.138. The molecule has 1 heterocycles. The summed E-state index contributed by atoms with van der Waals surface area (Å²) in [7, 11) is -4.24. The third-order valence-electron chi connectivity index (χ3n) is 4.81. The smallest absolute Gasteiger partial charge is 0.261 e. The molecule has 0 saturated carbocycles. The van der Waals surface area contributed by atoms with Gasteiger partial charge in [-0.25, -0.2) is 12.8 Å². The van der Waals surface area contributed by atoms with Gasteiger partial charge in [0, 0.05) is 0 Å². The van der Waals surface area contributed by atoms with Crippen LogP contribution in [-0.2, 0) is 22.7 Å². The Morgan fingerprint density at radius 1 is 0.848 bits per heavy atom. The highest BCUT2D eigenvalue weighted by Crippen LogP contribution is 2.42. The highest BCUT2D eigenvalue weighted by atomic mass is 32.2. The van der Waals surface area contributed by atoms with Crippen molar-refractivity contribution in [3.05, 3.63) is 102 Å². The van der Waals surface area contributed by atoms with E-state index >= 15 is 0 Å². The Labute approximate surface area is 187 Å². The molecule has 0 saturated heterocycles. The van der Waals surface area contributed by atoms with Gasteiger partial charge in [0.05, 0.1) is 17.0 Å². The SMILES string of the molecule is O=S(=O)(Nc1nn(Cc2ccccc2)c(C(F)(F)F)c1-c1ccc(F)cc1)c1ccccc1. The second kappa shape index (κ2) is 8.70. The van der Waals surface area contributed by atoms with Crippen molar-refractivity contribution < 1.29 is 26.0 Å². The zero-order valence-corrected chi connectivity index (χ0v) is 17.7. The molecule has 1 N–H and O–H groups in total. The Morgan fingerprint density at radius 2 is 1.42 bits per heavy atom. The molecular formula is C23H17F4N3O2S. The van der Waals surface area contributed by atoms with E-state index in [0.717, 1.165) is 24.3 Å². The molecule has 0 aliphatic rings. The van der Waals surface area contributed by atoms with Gasteiger partial charge in [-0.05, 0) is 35.4 Å². The molecule has 4 aromatic rings. The van der Waals surface area contributed by atoms with Crippen molar-refractivity contribution in [2.45, 2.75) is 17.6 Å². The predicted molar refractivity (Wildman–Crippen MR) is 115 cm³/mol. The van der Waals surface area contributed by atoms with E-state index in [2.05, 4.69) is 9.82 Å². The number of halogens is 4. The van der Waals surface area contributed by atoms with Gasteiger partial charge in [0.1, 0.15) is 5.82 Å². The van der Waals surface area contributed by atoms with Gasteiger partial charge in [-0.3, -0.25) is 9.40 Å². The maximum Gasteiger partial charge on any atom is 0.433 e. The fourth-order valence-corrected chi connectivity index (χ4v) is 4.40. The van der Waals surface area contributed by atoms with E-state index in [9.17, 15) is 26.0 Å². The largest absolute Gasteiger partial charge is 0.433 e. The molecule has 0 spiro atoms. The predicted octanol–water partition coefficient (Wildman–Crippen LogP) is 5.56. The van der Waals surface area contributed by atoms with Crippen LogP contribution in [0.5, 0.6) is 0 Å². The molecule has 3 aromatic carbocycles. The lowest BCUT2D eigenvalue weighted by atomic mass is 10.0. The number of hydrogen-bond donors (Lipinski definition) is 1. The molecule has 0 atom stereocenters. The van der Waals surface area contributed by atoms with Crippen molar-refractivity contribution in [3.63, 3.8) is 0 Å². The van der Waals surface area contributed by atoms with Gasteiger partial charge in [0.15, 0.2) is 11.5 Å². The number of nitrogens with one attached hydrogen (secondary N) is 1. The molecular weight excluding hydrogens is 458 g/mol. The standard InChI is InChI=1S/C23H17F4N3O2S/c24-18-13-11-17(12-14-18)20-21(23(25,26)27)30(15-16-7-3-1-4-8-16)28-22(20)29-33(31,32)19-9-5-2-6-10-19/h1-14H,15H2,(H,28,29). The van der Waals surface area contributed by atoms with Gasteiger partial charge < -0.3 is 0 Å². The minimum absolute atomic E-state index is 0.0335. The summed E-state index contributed by atoms with van der Waals surface area (Å²) in [6, 6.07) is 19.8. The highest BCUT2D eigenvalue weighted by Gasteiger charge is 2.41. The Hall–Kier alpha value is -3.66. The van der Waals surface area contributed by atoms with Crippen molar-refractivity contribution in [2.24, 2.45) is 0 Å². The summed E-state index contributed by atoms with van der Waals surface area (Å²) in [6.07, 6.45) is -4.87. The van der Waals surface area contributed by atoms with Crippen LogP contribution in [0.1, 0.15) is 11.3 Å². The molecule has 4 rings (SSSR count). The van der Waals surface area contributed by atoms with Gasteiger partial charge in [-0.2, -0.15) is 18.3 Å². The van der Waals surface area contributed by atoms with Gasteiger partial charge in [0.25, 0.3) is 10.0 Å². The number of nitrogens with zero attached hydrogens (tertiary/aromatic N) is 2. The number of anilines is 1. The number of hydrogen-bond acceptors (Lipinski definition) is 3. The maximum atomic E-state index is 14.2. The van der Waals surface area contributed by atoms with E-state index in [1.165, 1.54) is 24.3 Å². The lowest BCUT2D eigenvalue weighted by Crippen LogP contribution is -2.16. The zero-order chi connectivity index (χ0) is 23.6. The first-order valence-corrected chi connectivity index (χ1v) is 11.2. The first-order chi connectivity index (χ1) is 15.6. The summed E-state index contributed by atoms with van der Waals surface area (Å²) in [6.45, 7) is -0.253. The van der Waals surface area contributed by atoms with Crippen LogP contribution in [0.15, 0.2) is 89.8 Å². The van der Waals surface area contributed by atoms with Crippen LogP contribution >= 0.6 is 0 Å². The maximum absolute atomic E-state index is 14.2. The second-order valence-corrected chi connectivity index (χ2v) is 8.82. The summed E-state index contributed by atoms with van der Waals surface area (Å²) < 4.78 is 84.8. The molecule has 0 aliphatic carbocycles. The van der Waals surface area contributed by atoms with Crippen molar-refractivity contribution in [1.29, 1.82) is 0 Å². The van der Waals surface area contributed by atoms with Crippen LogP contribution in [0.25, 0.3) is 11.1 Å². The van der Waals surface area contributed by atoms with Gasteiger partial charge in [-0.1, -0.05) is 60.7 Å². The number of sulfonamides is 1. The van der Waals surface area contributed by atoms with E-state index in [0.29, 0.717) is 10.2 Å². The topological polar surface area (TPSA) is 64.0 Å². The summed E-state index contributed by atoms with van der Waals surface area (Å²) in [5, 5.41) is 3.99. The first kappa shape index (κ1) is 22.5. The quantitative estimate of drug-likeness (QED) is 0.372. The molecule has 33 heavy (non-hydrogen) atoms. The first-order valence-electron chi connectivity index (χ1n) is 9.71. The van der Waals surface area contributed by atoms with E-state index in [1.807, 2.05) is 0 Å². The minimum atomic E-state index is -4.87. The Bertz CT molecular complexity index is 1350. The average molecular weight is 475 g/mol. The van der Waals surface area contributed by atoms with Crippen molar-refractivity contribution in [1.82, 2.24) is 9.78 Å². The minimum Gasteiger partial charge on any atom is -0.261 e. The van der Waals surface area contributed by atoms with Crippen molar-refractivity contribution in [2.75, 3.05) is 4.72 Å². The number of benzene rings is 3. The molecule has 1 aromatic heterocycles. The van der Waals surface area contributed by atoms with Crippen LogP contribution in [0, 0.1) is 5.82 Å². The third-order valence-corrected chi connectivity index (χ3v) is 6.17. The Morgan fingerprint density at radius 3 is 2.00 bits per heavy atom. The van der Waals surface area contributed by atoms with Gasteiger partial charge >= 0.3 is 6.18 Å². The molecule has 0 fully saturated rings. The lowest BCUT2D eigenvalue weighted by Gasteiger charge is -2.13. The molecule has 170 valence electrons. The second-order valence-electron chi connectivity index (χ2n) is 7.14. The molecule has 10 heteroatoms. The Kier molecular flexibility index (Phi) is 5.94.